The lowest BCUT2D eigenvalue weighted by atomic mass is 10.1. The molecule has 0 aromatic heterocycles. The van der Waals surface area contributed by atoms with Crippen LogP contribution >= 0.6 is 24.0 Å². The summed E-state index contributed by atoms with van der Waals surface area (Å²) in [6.45, 7) is 5.08. The largest absolute Gasteiger partial charge is 0.354 e. The van der Waals surface area contributed by atoms with Crippen LogP contribution in [0.2, 0.25) is 0 Å². The van der Waals surface area contributed by atoms with E-state index < -0.39 is 0 Å². The molecule has 0 fully saturated rings. The highest BCUT2D eigenvalue weighted by Crippen LogP contribution is 2.06. The molecular formula is C19H33IN4O. The van der Waals surface area contributed by atoms with Crippen LogP contribution in [0.5, 0.6) is 0 Å². The van der Waals surface area contributed by atoms with Crippen molar-refractivity contribution in [3.05, 3.63) is 35.4 Å². The zero-order chi connectivity index (χ0) is 17.9. The number of hydrogen-bond donors (Lipinski definition) is 2. The number of nitrogens with one attached hydrogen (secondary N) is 2. The van der Waals surface area contributed by atoms with Crippen molar-refractivity contribution in [2.24, 2.45) is 4.99 Å². The van der Waals surface area contributed by atoms with Crippen LogP contribution in [0.4, 0.5) is 0 Å². The molecule has 0 spiro atoms. The van der Waals surface area contributed by atoms with E-state index in [1.165, 1.54) is 19.3 Å². The number of hydrogen-bond acceptors (Lipinski definition) is 2. The summed E-state index contributed by atoms with van der Waals surface area (Å²) in [6.07, 6.45) is 4.90. The first-order valence-electron chi connectivity index (χ1n) is 8.75. The van der Waals surface area contributed by atoms with Crippen LogP contribution < -0.4 is 10.6 Å². The Morgan fingerprint density at radius 2 is 1.84 bits per heavy atom. The van der Waals surface area contributed by atoms with Gasteiger partial charge < -0.3 is 15.5 Å². The van der Waals surface area contributed by atoms with Gasteiger partial charge in [-0.1, -0.05) is 38.3 Å². The number of unbranched alkanes of at least 4 members (excludes halogenated alkanes) is 2. The van der Waals surface area contributed by atoms with Gasteiger partial charge in [-0.2, -0.15) is 0 Å². The summed E-state index contributed by atoms with van der Waals surface area (Å²) < 4.78 is 0. The number of carbonyl (C=O) groups excluding carboxylic acids is 1. The Hall–Kier alpha value is -1.31. The van der Waals surface area contributed by atoms with E-state index in [0.29, 0.717) is 18.2 Å². The molecule has 142 valence electrons. The van der Waals surface area contributed by atoms with Gasteiger partial charge in [0.15, 0.2) is 5.96 Å². The van der Waals surface area contributed by atoms with Crippen molar-refractivity contribution in [2.75, 3.05) is 21.1 Å². The number of halogens is 1. The van der Waals surface area contributed by atoms with Crippen molar-refractivity contribution in [1.29, 1.82) is 0 Å². The van der Waals surface area contributed by atoms with Crippen molar-refractivity contribution in [1.82, 2.24) is 15.5 Å². The highest BCUT2D eigenvalue weighted by molar-refractivity contribution is 14.0. The first-order valence-corrected chi connectivity index (χ1v) is 8.75. The van der Waals surface area contributed by atoms with Crippen LogP contribution in [-0.4, -0.2) is 44.0 Å². The molecule has 25 heavy (non-hydrogen) atoms. The Morgan fingerprint density at radius 1 is 1.20 bits per heavy atom. The predicted molar refractivity (Wildman–Crippen MR) is 117 cm³/mol. The van der Waals surface area contributed by atoms with E-state index >= 15 is 0 Å². The van der Waals surface area contributed by atoms with Gasteiger partial charge in [0.2, 0.25) is 0 Å². The Labute approximate surface area is 169 Å². The zero-order valence-electron chi connectivity index (χ0n) is 16.1. The average molecular weight is 460 g/mol. The molecule has 0 heterocycles. The second-order valence-corrected chi connectivity index (χ2v) is 6.36. The molecule has 0 saturated heterocycles. The van der Waals surface area contributed by atoms with E-state index in [2.05, 4.69) is 29.5 Å². The minimum absolute atomic E-state index is 0. The lowest BCUT2D eigenvalue weighted by Gasteiger charge is -2.18. The maximum atomic E-state index is 11.9. The molecule has 0 bridgehead atoms. The maximum Gasteiger partial charge on any atom is 0.253 e. The summed E-state index contributed by atoms with van der Waals surface area (Å²) in [5.41, 5.74) is 1.82. The van der Waals surface area contributed by atoms with Gasteiger partial charge >= 0.3 is 0 Å². The summed E-state index contributed by atoms with van der Waals surface area (Å²) in [7, 11) is 5.30. The Balaban J connectivity index is 0.00000576. The van der Waals surface area contributed by atoms with Crippen molar-refractivity contribution in [2.45, 2.75) is 52.1 Å². The van der Waals surface area contributed by atoms with Crippen molar-refractivity contribution in [3.63, 3.8) is 0 Å². The van der Waals surface area contributed by atoms with E-state index in [4.69, 9.17) is 0 Å². The van der Waals surface area contributed by atoms with Crippen LogP contribution in [-0.2, 0) is 6.54 Å². The molecule has 5 nitrogen and oxygen atoms in total. The van der Waals surface area contributed by atoms with Crippen LogP contribution in [0, 0.1) is 0 Å². The number of guanidine groups is 1. The molecule has 0 saturated carbocycles. The second-order valence-electron chi connectivity index (χ2n) is 6.36. The standard InChI is InChI=1S/C19H32N4O.HI/c1-6-7-8-9-15(2)22-19(20-3)21-14-16-10-12-17(13-11-16)18(24)23(4)5;/h10-13,15H,6-9,14H2,1-5H3,(H2,20,21,22);1H. The lowest BCUT2D eigenvalue weighted by molar-refractivity contribution is 0.0827. The molecule has 1 aromatic rings. The van der Waals surface area contributed by atoms with Crippen LogP contribution in [0.1, 0.15) is 55.5 Å². The Morgan fingerprint density at radius 3 is 2.36 bits per heavy atom. The maximum absolute atomic E-state index is 11.9. The van der Waals surface area contributed by atoms with Gasteiger partial charge in [0.25, 0.3) is 5.91 Å². The van der Waals surface area contributed by atoms with Crippen molar-refractivity contribution >= 4 is 35.8 Å². The normalized spacial score (nSPS) is 12.1. The minimum atomic E-state index is 0. The molecule has 0 radical (unpaired) electrons. The topological polar surface area (TPSA) is 56.7 Å². The molecule has 0 aliphatic heterocycles. The number of rotatable bonds is 8. The molecule has 0 aliphatic rings. The second kappa shape index (κ2) is 13.0. The molecule has 1 amide bonds. The fraction of sp³-hybridized carbons (Fsp3) is 0.579. The van der Waals surface area contributed by atoms with E-state index in [-0.39, 0.29) is 29.9 Å². The van der Waals surface area contributed by atoms with E-state index in [1.54, 1.807) is 26.0 Å². The van der Waals surface area contributed by atoms with Crippen LogP contribution in [0.15, 0.2) is 29.3 Å². The van der Waals surface area contributed by atoms with Gasteiger partial charge in [0.1, 0.15) is 0 Å². The predicted octanol–water partition coefficient (Wildman–Crippen LogP) is 3.64. The monoisotopic (exact) mass is 460 g/mol. The fourth-order valence-corrected chi connectivity index (χ4v) is 2.41. The highest BCUT2D eigenvalue weighted by Gasteiger charge is 2.08. The van der Waals surface area contributed by atoms with Gasteiger partial charge in [-0.15, -0.1) is 24.0 Å². The van der Waals surface area contributed by atoms with Gasteiger partial charge in [-0.25, -0.2) is 0 Å². The summed E-state index contributed by atoms with van der Waals surface area (Å²) in [5, 5.41) is 6.74. The number of aliphatic imine (C=N–C) groups is 1. The van der Waals surface area contributed by atoms with Gasteiger partial charge in [0, 0.05) is 39.3 Å². The molecule has 1 atom stereocenters. The minimum Gasteiger partial charge on any atom is -0.354 e. The van der Waals surface area contributed by atoms with Crippen LogP contribution in [0.3, 0.4) is 0 Å². The smallest absolute Gasteiger partial charge is 0.253 e. The average Bonchev–Trinajstić information content (AvgIpc) is 2.58. The molecule has 2 N–H and O–H groups in total. The lowest BCUT2D eigenvalue weighted by Crippen LogP contribution is -2.41. The summed E-state index contributed by atoms with van der Waals surface area (Å²) in [4.78, 5) is 17.7. The number of amides is 1. The SMILES string of the molecule is CCCCCC(C)NC(=NC)NCc1ccc(C(=O)N(C)C)cc1.I. The van der Waals surface area contributed by atoms with E-state index in [9.17, 15) is 4.79 Å². The summed E-state index contributed by atoms with van der Waals surface area (Å²) >= 11 is 0. The number of carbonyl (C=O) groups is 1. The molecular weight excluding hydrogens is 427 g/mol. The Kier molecular flexibility index (Phi) is 12.3. The molecule has 1 unspecified atom stereocenters. The molecule has 1 rings (SSSR count). The Bertz CT molecular complexity index is 529. The van der Waals surface area contributed by atoms with Crippen molar-refractivity contribution < 1.29 is 4.79 Å². The molecule has 6 heteroatoms. The van der Waals surface area contributed by atoms with Gasteiger partial charge in [-0.3, -0.25) is 9.79 Å². The number of nitrogens with zero attached hydrogens (tertiary/aromatic N) is 2. The fourth-order valence-electron chi connectivity index (χ4n) is 2.41. The summed E-state index contributed by atoms with van der Waals surface area (Å²) in [6, 6.07) is 8.08. The number of benzene rings is 1. The first kappa shape index (κ1) is 23.7. The third-order valence-electron chi connectivity index (χ3n) is 3.91. The third-order valence-corrected chi connectivity index (χ3v) is 3.91. The summed E-state index contributed by atoms with van der Waals surface area (Å²) in [5.74, 6) is 0.834. The quantitative estimate of drug-likeness (QED) is 0.270. The van der Waals surface area contributed by atoms with E-state index in [1.807, 2.05) is 24.3 Å². The molecule has 1 aromatic carbocycles. The van der Waals surface area contributed by atoms with Crippen LogP contribution in [0.25, 0.3) is 0 Å². The van der Waals surface area contributed by atoms with Crippen molar-refractivity contribution in [3.8, 4) is 0 Å². The zero-order valence-corrected chi connectivity index (χ0v) is 18.5. The molecule has 0 aliphatic carbocycles. The first-order chi connectivity index (χ1) is 11.5. The van der Waals surface area contributed by atoms with Gasteiger partial charge in [-0.05, 0) is 31.0 Å². The van der Waals surface area contributed by atoms with Gasteiger partial charge in [0.05, 0.1) is 0 Å². The highest BCUT2D eigenvalue weighted by atomic mass is 127. The third kappa shape index (κ3) is 9.09. The van der Waals surface area contributed by atoms with E-state index in [0.717, 1.165) is 17.9 Å².